The zero-order valence-corrected chi connectivity index (χ0v) is 15.5. The lowest BCUT2D eigenvalue weighted by atomic mass is 9.79. The molecule has 0 radical (unpaired) electrons. The maximum Gasteiger partial charge on any atom is 0.261 e. The van der Waals surface area contributed by atoms with E-state index >= 15 is 0 Å². The molecule has 2 atom stereocenters. The smallest absolute Gasteiger partial charge is 0.261 e. The normalized spacial score (nSPS) is 28.8. The van der Waals surface area contributed by atoms with Crippen LogP contribution in [0.2, 0.25) is 0 Å². The second-order valence-electron chi connectivity index (χ2n) is 6.53. The van der Waals surface area contributed by atoms with Crippen molar-refractivity contribution in [3.8, 4) is 10.1 Å². The summed E-state index contributed by atoms with van der Waals surface area (Å²) < 4.78 is 5.78. The highest BCUT2D eigenvalue weighted by Crippen LogP contribution is 2.34. The molecule has 5 rings (SSSR count). The zero-order chi connectivity index (χ0) is 16.7. The summed E-state index contributed by atoms with van der Waals surface area (Å²) in [6.45, 7) is 6.51. The minimum Gasteiger partial charge on any atom is -0.434 e. The van der Waals surface area contributed by atoms with Gasteiger partial charge in [0, 0.05) is 12.1 Å². The standard InChI is InChI=1S/C17H21N3O2S2/c1-10-16(12-5-7-20(10)8-6-12)19-17(21)13-3-4-14(24-13)22-15-9-18-11(2)23-15/h3-4,9-10,12,16H,5-8H2,1-2H3,(H,19,21). The summed E-state index contributed by atoms with van der Waals surface area (Å²) in [7, 11) is 0. The average Bonchev–Trinajstić information content (AvgIpc) is 3.21. The third-order valence-electron chi connectivity index (χ3n) is 5.08. The number of carbonyl (C=O) groups excluding carboxylic acids is 1. The molecule has 1 amide bonds. The molecule has 2 bridgehead atoms. The molecule has 0 aromatic carbocycles. The van der Waals surface area contributed by atoms with Gasteiger partial charge in [-0.3, -0.25) is 9.69 Å². The summed E-state index contributed by atoms with van der Waals surface area (Å²) in [5.74, 6) is 0.630. The fraction of sp³-hybridized carbons (Fsp3) is 0.529. The van der Waals surface area contributed by atoms with E-state index in [-0.39, 0.29) is 11.9 Å². The second-order valence-corrected chi connectivity index (χ2v) is 8.78. The number of amides is 1. The quantitative estimate of drug-likeness (QED) is 0.903. The van der Waals surface area contributed by atoms with Crippen molar-refractivity contribution in [2.75, 3.05) is 13.1 Å². The number of fused-ring (bicyclic) bond motifs is 3. The van der Waals surface area contributed by atoms with Crippen LogP contribution >= 0.6 is 22.7 Å². The number of aryl methyl sites for hydroxylation is 1. The van der Waals surface area contributed by atoms with Crippen LogP contribution < -0.4 is 10.1 Å². The summed E-state index contributed by atoms with van der Waals surface area (Å²) in [6, 6.07) is 4.39. The number of thiophene rings is 1. The highest BCUT2D eigenvalue weighted by molar-refractivity contribution is 7.16. The van der Waals surface area contributed by atoms with Crippen LogP contribution in [0.25, 0.3) is 0 Å². The van der Waals surface area contributed by atoms with Crippen LogP contribution in [-0.2, 0) is 0 Å². The van der Waals surface area contributed by atoms with Gasteiger partial charge < -0.3 is 10.1 Å². The predicted molar refractivity (Wildman–Crippen MR) is 96.3 cm³/mol. The van der Waals surface area contributed by atoms with Crippen LogP contribution in [0, 0.1) is 12.8 Å². The first-order valence-electron chi connectivity index (χ1n) is 8.35. The maximum absolute atomic E-state index is 12.6. The Balaban J connectivity index is 1.41. The molecule has 3 saturated heterocycles. The van der Waals surface area contributed by atoms with Crippen molar-refractivity contribution in [3.05, 3.63) is 28.2 Å². The molecule has 2 aromatic heterocycles. The number of thiazole rings is 1. The maximum atomic E-state index is 12.6. The fourth-order valence-corrected chi connectivity index (χ4v) is 5.21. The van der Waals surface area contributed by atoms with E-state index in [1.807, 2.05) is 19.1 Å². The molecular weight excluding hydrogens is 342 g/mol. The van der Waals surface area contributed by atoms with Gasteiger partial charge in [0.05, 0.1) is 16.1 Å². The molecule has 0 aliphatic carbocycles. The Kier molecular flexibility index (Phi) is 4.32. The van der Waals surface area contributed by atoms with Gasteiger partial charge in [-0.25, -0.2) is 4.98 Å². The van der Waals surface area contributed by atoms with Crippen molar-refractivity contribution in [1.82, 2.24) is 15.2 Å². The average molecular weight is 364 g/mol. The number of hydrogen-bond acceptors (Lipinski definition) is 6. The Labute approximate surface area is 149 Å². The lowest BCUT2D eigenvalue weighted by Gasteiger charge is -2.49. The van der Waals surface area contributed by atoms with E-state index in [0.29, 0.717) is 16.8 Å². The van der Waals surface area contributed by atoms with Crippen molar-refractivity contribution >= 4 is 28.6 Å². The molecule has 7 heteroatoms. The molecule has 1 N–H and O–H groups in total. The lowest BCUT2D eigenvalue weighted by Crippen LogP contribution is -2.62. The van der Waals surface area contributed by atoms with Crippen LogP contribution in [0.1, 0.15) is 34.4 Å². The van der Waals surface area contributed by atoms with Crippen molar-refractivity contribution in [1.29, 1.82) is 0 Å². The summed E-state index contributed by atoms with van der Waals surface area (Å²) in [5, 5.41) is 5.71. The van der Waals surface area contributed by atoms with E-state index in [2.05, 4.69) is 22.1 Å². The Morgan fingerprint density at radius 2 is 2.08 bits per heavy atom. The third-order valence-corrected chi connectivity index (χ3v) is 6.83. The minimum absolute atomic E-state index is 0.0148. The number of carbonyl (C=O) groups is 1. The molecular formula is C17H21N3O2S2. The highest BCUT2D eigenvalue weighted by Gasteiger charge is 2.40. The third kappa shape index (κ3) is 3.08. The van der Waals surface area contributed by atoms with Crippen LogP contribution in [0.3, 0.4) is 0 Å². The lowest BCUT2D eigenvalue weighted by molar-refractivity contribution is 0.0218. The number of nitrogens with one attached hydrogen (secondary N) is 1. The van der Waals surface area contributed by atoms with Gasteiger partial charge in [0.15, 0.2) is 5.06 Å². The molecule has 24 heavy (non-hydrogen) atoms. The highest BCUT2D eigenvalue weighted by atomic mass is 32.1. The van der Waals surface area contributed by atoms with Crippen molar-refractivity contribution in [2.45, 2.75) is 38.8 Å². The molecule has 3 aliphatic heterocycles. The first-order valence-corrected chi connectivity index (χ1v) is 9.98. The second kappa shape index (κ2) is 6.46. The summed E-state index contributed by atoms with van der Waals surface area (Å²) in [4.78, 5) is 20.0. The Morgan fingerprint density at radius 1 is 1.29 bits per heavy atom. The molecule has 128 valence electrons. The van der Waals surface area contributed by atoms with Gasteiger partial charge in [0.25, 0.3) is 5.91 Å². The molecule has 5 heterocycles. The number of hydrogen-bond donors (Lipinski definition) is 1. The van der Waals surface area contributed by atoms with E-state index in [4.69, 9.17) is 4.74 Å². The van der Waals surface area contributed by atoms with Gasteiger partial charge in [0.2, 0.25) is 5.06 Å². The largest absolute Gasteiger partial charge is 0.434 e. The number of ether oxygens (including phenoxy) is 1. The molecule has 2 aromatic rings. The Morgan fingerprint density at radius 3 is 2.75 bits per heavy atom. The van der Waals surface area contributed by atoms with Gasteiger partial charge in [-0.05, 0) is 57.8 Å². The van der Waals surface area contributed by atoms with Gasteiger partial charge in [-0.2, -0.15) is 0 Å². The van der Waals surface area contributed by atoms with E-state index in [9.17, 15) is 4.79 Å². The number of nitrogens with zero attached hydrogens (tertiary/aromatic N) is 2. The molecule has 2 unspecified atom stereocenters. The summed E-state index contributed by atoms with van der Waals surface area (Å²) >= 11 is 2.89. The predicted octanol–water partition coefficient (Wildman–Crippen LogP) is 3.52. The topological polar surface area (TPSA) is 54.5 Å². The molecule has 0 spiro atoms. The van der Waals surface area contributed by atoms with Crippen LogP contribution in [0.5, 0.6) is 10.1 Å². The van der Waals surface area contributed by atoms with Gasteiger partial charge >= 0.3 is 0 Å². The first-order chi connectivity index (χ1) is 11.6. The van der Waals surface area contributed by atoms with Gasteiger partial charge in [-0.15, -0.1) is 0 Å². The van der Waals surface area contributed by atoms with Gasteiger partial charge in [-0.1, -0.05) is 22.7 Å². The van der Waals surface area contributed by atoms with Crippen LogP contribution in [0.4, 0.5) is 0 Å². The Bertz CT molecular complexity index is 732. The van der Waals surface area contributed by atoms with Crippen LogP contribution in [0.15, 0.2) is 18.3 Å². The minimum atomic E-state index is 0.0148. The molecule has 5 nitrogen and oxygen atoms in total. The van der Waals surface area contributed by atoms with Crippen molar-refractivity contribution < 1.29 is 9.53 Å². The number of piperidine rings is 3. The Hall–Kier alpha value is -1.44. The summed E-state index contributed by atoms with van der Waals surface area (Å²) in [6.07, 6.45) is 4.10. The van der Waals surface area contributed by atoms with E-state index in [0.717, 1.165) is 15.1 Å². The van der Waals surface area contributed by atoms with Crippen molar-refractivity contribution in [3.63, 3.8) is 0 Å². The molecule has 3 fully saturated rings. The number of aromatic nitrogens is 1. The SMILES string of the molecule is Cc1ncc(Oc2ccc(C(=O)NC3C4CCN(CC4)C3C)s2)s1. The van der Waals surface area contributed by atoms with E-state index in [1.165, 1.54) is 48.6 Å². The molecule has 0 saturated carbocycles. The fourth-order valence-electron chi connectivity index (χ4n) is 3.75. The van der Waals surface area contributed by atoms with Crippen molar-refractivity contribution in [2.24, 2.45) is 5.92 Å². The zero-order valence-electron chi connectivity index (χ0n) is 13.8. The van der Waals surface area contributed by atoms with Gasteiger partial charge in [0.1, 0.15) is 0 Å². The monoisotopic (exact) mass is 363 g/mol. The number of rotatable bonds is 4. The molecule has 3 aliphatic rings. The van der Waals surface area contributed by atoms with Crippen LogP contribution in [-0.4, -0.2) is 41.0 Å². The van der Waals surface area contributed by atoms with E-state index in [1.54, 1.807) is 6.20 Å². The van der Waals surface area contributed by atoms with E-state index < -0.39 is 0 Å². The summed E-state index contributed by atoms with van der Waals surface area (Å²) in [5.41, 5.74) is 0. The first kappa shape index (κ1) is 16.1.